The SMILES string of the molecule is CC1(CNC(=O)c2c(F)cc(Br)cc2F)COC1. The standard InChI is InChI=1S/C12H12BrF2NO2/c1-12(5-18-6-12)4-16-11(17)10-8(14)2-7(13)3-9(10)15/h2-3H,4-6H2,1H3,(H,16,17). The lowest BCUT2D eigenvalue weighted by Gasteiger charge is -2.38. The van der Waals surface area contributed by atoms with Crippen molar-refractivity contribution in [1.82, 2.24) is 5.32 Å². The molecular weight excluding hydrogens is 308 g/mol. The third-order valence-corrected chi connectivity index (χ3v) is 3.27. The van der Waals surface area contributed by atoms with Crippen molar-refractivity contribution in [2.24, 2.45) is 5.41 Å². The Morgan fingerprint density at radius 2 is 2.00 bits per heavy atom. The number of halogens is 3. The normalized spacial score (nSPS) is 17.1. The summed E-state index contributed by atoms with van der Waals surface area (Å²) in [5.41, 5.74) is -0.695. The smallest absolute Gasteiger partial charge is 0.257 e. The van der Waals surface area contributed by atoms with Crippen molar-refractivity contribution >= 4 is 21.8 Å². The molecule has 1 saturated heterocycles. The van der Waals surface area contributed by atoms with Crippen LogP contribution in [0.4, 0.5) is 8.78 Å². The van der Waals surface area contributed by atoms with Gasteiger partial charge in [0.1, 0.15) is 17.2 Å². The van der Waals surface area contributed by atoms with Gasteiger partial charge in [0, 0.05) is 16.4 Å². The Balaban J connectivity index is 2.09. The van der Waals surface area contributed by atoms with E-state index in [2.05, 4.69) is 21.2 Å². The van der Waals surface area contributed by atoms with Crippen LogP contribution in [0.1, 0.15) is 17.3 Å². The summed E-state index contributed by atoms with van der Waals surface area (Å²) in [5.74, 6) is -2.51. The van der Waals surface area contributed by atoms with Crippen LogP contribution in [0.5, 0.6) is 0 Å². The summed E-state index contributed by atoms with van der Waals surface area (Å²) in [4.78, 5) is 11.7. The van der Waals surface area contributed by atoms with Crippen molar-refractivity contribution in [3.63, 3.8) is 0 Å². The second-order valence-electron chi connectivity index (χ2n) is 4.73. The zero-order chi connectivity index (χ0) is 13.3. The van der Waals surface area contributed by atoms with Gasteiger partial charge in [-0.3, -0.25) is 4.79 Å². The molecule has 0 radical (unpaired) electrons. The maximum atomic E-state index is 13.5. The van der Waals surface area contributed by atoms with Gasteiger partial charge in [0.25, 0.3) is 5.91 Å². The zero-order valence-corrected chi connectivity index (χ0v) is 11.3. The fourth-order valence-corrected chi connectivity index (χ4v) is 2.10. The van der Waals surface area contributed by atoms with Crippen molar-refractivity contribution < 1.29 is 18.3 Å². The van der Waals surface area contributed by atoms with Gasteiger partial charge in [-0.2, -0.15) is 0 Å². The Hall–Kier alpha value is -1.01. The molecule has 1 N–H and O–H groups in total. The first-order valence-corrected chi connectivity index (χ1v) is 6.21. The first-order chi connectivity index (χ1) is 8.41. The largest absolute Gasteiger partial charge is 0.380 e. The number of ether oxygens (including phenoxy) is 1. The zero-order valence-electron chi connectivity index (χ0n) is 9.73. The van der Waals surface area contributed by atoms with Gasteiger partial charge in [-0.15, -0.1) is 0 Å². The molecule has 0 unspecified atom stereocenters. The Kier molecular flexibility index (Phi) is 3.68. The molecule has 1 aliphatic heterocycles. The van der Waals surface area contributed by atoms with Crippen LogP contribution in [0.25, 0.3) is 0 Å². The second-order valence-corrected chi connectivity index (χ2v) is 5.65. The van der Waals surface area contributed by atoms with Gasteiger partial charge < -0.3 is 10.1 Å². The quantitative estimate of drug-likeness (QED) is 0.929. The number of benzene rings is 1. The van der Waals surface area contributed by atoms with Crippen molar-refractivity contribution in [2.45, 2.75) is 6.92 Å². The van der Waals surface area contributed by atoms with E-state index in [1.54, 1.807) is 0 Å². The highest BCUT2D eigenvalue weighted by molar-refractivity contribution is 9.10. The summed E-state index contributed by atoms with van der Waals surface area (Å²) in [6.45, 7) is 3.35. The van der Waals surface area contributed by atoms with E-state index in [1.807, 2.05) is 6.92 Å². The first kappa shape index (κ1) is 13.4. The summed E-state index contributed by atoms with van der Waals surface area (Å²) in [6.07, 6.45) is 0. The summed E-state index contributed by atoms with van der Waals surface area (Å²) in [5, 5.41) is 2.53. The van der Waals surface area contributed by atoms with Crippen LogP contribution in [-0.4, -0.2) is 25.7 Å². The number of carbonyl (C=O) groups excluding carboxylic acids is 1. The molecule has 18 heavy (non-hydrogen) atoms. The Labute approximate surface area is 112 Å². The molecule has 1 fully saturated rings. The van der Waals surface area contributed by atoms with Crippen LogP contribution in [0.2, 0.25) is 0 Å². The van der Waals surface area contributed by atoms with Gasteiger partial charge in [0.05, 0.1) is 13.2 Å². The van der Waals surface area contributed by atoms with Crippen molar-refractivity contribution in [1.29, 1.82) is 0 Å². The summed E-state index contributed by atoms with van der Waals surface area (Å²) < 4.78 is 32.3. The average molecular weight is 320 g/mol. The molecule has 0 bridgehead atoms. The lowest BCUT2D eigenvalue weighted by Crippen LogP contribution is -2.48. The van der Waals surface area contributed by atoms with Crippen LogP contribution in [-0.2, 0) is 4.74 Å². The third-order valence-electron chi connectivity index (χ3n) is 2.81. The minimum atomic E-state index is -0.880. The van der Waals surface area contributed by atoms with Crippen molar-refractivity contribution in [3.8, 4) is 0 Å². The van der Waals surface area contributed by atoms with E-state index in [-0.39, 0.29) is 9.89 Å². The van der Waals surface area contributed by atoms with Gasteiger partial charge in [0.2, 0.25) is 0 Å². The molecule has 0 spiro atoms. The van der Waals surface area contributed by atoms with Gasteiger partial charge in [-0.1, -0.05) is 22.9 Å². The third kappa shape index (κ3) is 2.70. The van der Waals surface area contributed by atoms with Gasteiger partial charge in [0.15, 0.2) is 0 Å². The van der Waals surface area contributed by atoms with E-state index in [0.717, 1.165) is 12.1 Å². The molecule has 1 aliphatic rings. The molecule has 1 aromatic rings. The molecule has 0 aromatic heterocycles. The highest BCUT2D eigenvalue weighted by Crippen LogP contribution is 2.25. The number of hydrogen-bond donors (Lipinski definition) is 1. The van der Waals surface area contributed by atoms with E-state index < -0.39 is 23.1 Å². The van der Waals surface area contributed by atoms with Crippen LogP contribution in [0.15, 0.2) is 16.6 Å². The lowest BCUT2D eigenvalue weighted by molar-refractivity contribution is -0.0978. The molecular formula is C12H12BrF2NO2. The average Bonchev–Trinajstić information content (AvgIpc) is 2.22. The number of rotatable bonds is 3. The fraction of sp³-hybridized carbons (Fsp3) is 0.417. The van der Waals surface area contributed by atoms with Gasteiger partial charge >= 0.3 is 0 Å². The first-order valence-electron chi connectivity index (χ1n) is 5.42. The van der Waals surface area contributed by atoms with E-state index in [4.69, 9.17) is 4.74 Å². The topological polar surface area (TPSA) is 38.3 Å². The van der Waals surface area contributed by atoms with Gasteiger partial charge in [-0.25, -0.2) is 8.78 Å². The van der Waals surface area contributed by atoms with E-state index in [1.165, 1.54) is 0 Å². The Bertz CT molecular complexity index is 466. The predicted octanol–water partition coefficient (Wildman–Crippen LogP) is 2.49. The van der Waals surface area contributed by atoms with Crippen LogP contribution in [0, 0.1) is 17.0 Å². The maximum absolute atomic E-state index is 13.5. The highest BCUT2D eigenvalue weighted by atomic mass is 79.9. The van der Waals surface area contributed by atoms with Crippen LogP contribution >= 0.6 is 15.9 Å². The molecule has 3 nitrogen and oxygen atoms in total. The Morgan fingerprint density at radius 1 is 1.44 bits per heavy atom. The monoisotopic (exact) mass is 319 g/mol. The Morgan fingerprint density at radius 3 is 2.44 bits per heavy atom. The molecule has 98 valence electrons. The summed E-state index contributed by atoms with van der Waals surface area (Å²) >= 11 is 2.96. The minimum absolute atomic E-state index is 0.141. The van der Waals surface area contributed by atoms with E-state index in [9.17, 15) is 13.6 Å². The molecule has 0 saturated carbocycles. The fourth-order valence-electron chi connectivity index (χ4n) is 1.69. The molecule has 1 amide bonds. The van der Waals surface area contributed by atoms with E-state index in [0.29, 0.717) is 19.8 Å². The number of carbonyl (C=O) groups is 1. The minimum Gasteiger partial charge on any atom is -0.380 e. The summed E-state index contributed by atoms with van der Waals surface area (Å²) in [6, 6.07) is 2.12. The second kappa shape index (κ2) is 4.93. The number of nitrogens with one attached hydrogen (secondary N) is 1. The molecule has 1 aromatic carbocycles. The lowest BCUT2D eigenvalue weighted by atomic mass is 9.88. The molecule has 1 heterocycles. The molecule has 2 rings (SSSR count). The molecule has 0 aliphatic carbocycles. The highest BCUT2D eigenvalue weighted by Gasteiger charge is 2.34. The molecule has 6 heteroatoms. The van der Waals surface area contributed by atoms with Crippen molar-refractivity contribution in [2.75, 3.05) is 19.8 Å². The number of amides is 1. The van der Waals surface area contributed by atoms with Crippen LogP contribution < -0.4 is 5.32 Å². The van der Waals surface area contributed by atoms with Crippen LogP contribution in [0.3, 0.4) is 0 Å². The van der Waals surface area contributed by atoms with Gasteiger partial charge in [-0.05, 0) is 12.1 Å². The summed E-state index contributed by atoms with van der Waals surface area (Å²) in [7, 11) is 0. The predicted molar refractivity (Wildman–Crippen MR) is 65.3 cm³/mol. The van der Waals surface area contributed by atoms with E-state index >= 15 is 0 Å². The maximum Gasteiger partial charge on any atom is 0.257 e. The number of hydrogen-bond acceptors (Lipinski definition) is 2. The molecule has 0 atom stereocenters. The van der Waals surface area contributed by atoms with Crippen molar-refractivity contribution in [3.05, 3.63) is 33.8 Å².